The van der Waals surface area contributed by atoms with Crippen LogP contribution in [-0.4, -0.2) is 29.6 Å². The van der Waals surface area contributed by atoms with Gasteiger partial charge in [0.15, 0.2) is 5.78 Å². The van der Waals surface area contributed by atoms with E-state index in [0.29, 0.717) is 17.8 Å². The molecule has 4 aliphatic carbocycles. The Bertz CT molecular complexity index is 674. The molecule has 4 aliphatic rings. The first-order valence-corrected chi connectivity index (χ1v) is 10.8. The summed E-state index contributed by atoms with van der Waals surface area (Å²) in [5.74, 6) is 1.86. The fraction of sp³-hybridized carbons (Fsp3) is 0.826. The first kappa shape index (κ1) is 23.0. The number of hydrogen-bond donors (Lipinski definition) is 1. The molecule has 153 valence electrons. The van der Waals surface area contributed by atoms with Crippen LogP contribution in [0, 0.1) is 78.6 Å². The monoisotopic (exact) mass is 601 g/mol. The maximum absolute atomic E-state index is 12.3. The van der Waals surface area contributed by atoms with Crippen LogP contribution >= 0.6 is 0 Å². The Morgan fingerprint density at radius 1 is 1.14 bits per heavy atom. The van der Waals surface area contributed by atoms with Crippen LogP contribution in [0.4, 0.5) is 0 Å². The Morgan fingerprint density at radius 3 is 2.57 bits per heavy atom. The van der Waals surface area contributed by atoms with E-state index in [0.717, 1.165) is 44.9 Å². The van der Waals surface area contributed by atoms with Gasteiger partial charge in [-0.15, -0.1) is 0 Å². The van der Waals surface area contributed by atoms with Crippen molar-refractivity contribution in [3.05, 3.63) is 11.6 Å². The molecule has 3 fully saturated rings. The molecule has 0 aromatic heterocycles. The summed E-state index contributed by atoms with van der Waals surface area (Å²) in [6.07, 6.45) is 10.9. The molecule has 0 aliphatic heterocycles. The normalized spacial score (nSPS) is 44.3. The maximum atomic E-state index is 12.3. The summed E-state index contributed by atoms with van der Waals surface area (Å²) >= 11 is 0. The van der Waals surface area contributed by atoms with E-state index in [1.807, 2.05) is 0 Å². The molecule has 0 heterocycles. The van der Waals surface area contributed by atoms with Crippen molar-refractivity contribution in [1.29, 1.82) is 0 Å². The Hall–Kier alpha value is 0.282. The number of Topliss-reactive ketones (excluding diaryl/α,β-unsaturated/α-hetero) is 1. The fourth-order valence-electron chi connectivity index (χ4n) is 7.60. The van der Waals surface area contributed by atoms with Crippen molar-refractivity contribution >= 4 is 11.8 Å². The number of ketones is 1. The topological polar surface area (TPSA) is 63.6 Å². The second-order valence-electron chi connectivity index (χ2n) is 10.0. The van der Waals surface area contributed by atoms with Crippen LogP contribution in [0.25, 0.3) is 0 Å². The number of allylic oxidation sites excluding steroid dienone is 1. The second kappa shape index (κ2) is 8.43. The molecule has 1 radical (unpaired) electrons. The van der Waals surface area contributed by atoms with E-state index in [1.165, 1.54) is 18.9 Å². The van der Waals surface area contributed by atoms with Crippen molar-refractivity contribution in [3.63, 3.8) is 0 Å². The van der Waals surface area contributed by atoms with Gasteiger partial charge in [0.1, 0.15) is 12.7 Å². The number of carbonyl (C=O) groups excluding carboxylic acids is 2. The van der Waals surface area contributed by atoms with Crippen molar-refractivity contribution < 1.29 is 63.5 Å². The third-order valence-electron chi connectivity index (χ3n) is 8.94. The molecule has 7 atom stereocenters. The minimum atomic E-state index is -0.305. The molecule has 0 spiro atoms. The van der Waals surface area contributed by atoms with Crippen LogP contribution < -0.4 is 0 Å². The van der Waals surface area contributed by atoms with Gasteiger partial charge in [-0.05, 0) is 73.5 Å². The summed E-state index contributed by atoms with van der Waals surface area (Å²) in [7, 11) is 0. The zero-order valence-corrected chi connectivity index (χ0v) is 22.3. The summed E-state index contributed by atoms with van der Waals surface area (Å²) in [5.41, 5.74) is 1.79. The molecule has 28 heavy (non-hydrogen) atoms. The third-order valence-corrected chi connectivity index (χ3v) is 8.94. The van der Waals surface area contributed by atoms with Gasteiger partial charge in [-0.2, -0.15) is 0 Å². The first-order chi connectivity index (χ1) is 12.8. The molecule has 0 bridgehead atoms. The van der Waals surface area contributed by atoms with Crippen LogP contribution in [0.3, 0.4) is 0 Å². The van der Waals surface area contributed by atoms with E-state index in [2.05, 4.69) is 19.9 Å². The van der Waals surface area contributed by atoms with Gasteiger partial charge >= 0.3 is 5.97 Å². The largest absolute Gasteiger partial charge is 0.462 e. The van der Waals surface area contributed by atoms with Gasteiger partial charge in [0.05, 0.1) is 0 Å². The summed E-state index contributed by atoms with van der Waals surface area (Å²) in [5, 5.41) is 9.42. The molecule has 1 N–H and O–H groups in total. The Balaban J connectivity index is 0.00000225. The molecule has 4 nitrogen and oxygen atoms in total. The molecule has 4 unspecified atom stereocenters. The summed E-state index contributed by atoms with van der Waals surface area (Å²) in [4.78, 5) is 23.7. The van der Waals surface area contributed by atoms with Crippen molar-refractivity contribution in [2.24, 2.45) is 34.5 Å². The zero-order valence-electron chi connectivity index (χ0n) is 17.6. The van der Waals surface area contributed by atoms with E-state index in [1.54, 1.807) is 0 Å². The summed E-state index contributed by atoms with van der Waals surface area (Å²) < 4.78 is 5.52. The van der Waals surface area contributed by atoms with Crippen molar-refractivity contribution in [3.8, 4) is 0 Å². The van der Waals surface area contributed by atoms with E-state index in [9.17, 15) is 14.7 Å². The quantitative estimate of drug-likeness (QED) is 0.392. The van der Waals surface area contributed by atoms with E-state index >= 15 is 0 Å². The number of hydrogen-bond acceptors (Lipinski definition) is 4. The molecule has 0 amide bonds. The average molecular weight is 602 g/mol. The molecular weight excluding hydrogens is 567 g/mol. The number of carbonyl (C=O) groups is 2. The number of aliphatic hydroxyl groups excluding tert-OH is 1. The minimum absolute atomic E-state index is 0. The van der Waals surface area contributed by atoms with Gasteiger partial charge in [-0.25, -0.2) is 0 Å². The Kier molecular flexibility index (Phi) is 6.91. The predicted molar refractivity (Wildman–Crippen MR) is 103 cm³/mol. The standard InChI is InChI=1S/C23H34O4.Ac/c1-14(25)27-16-8-10-22(2)15(12-16)4-5-17-18-6-7-20(21(26)13-24)23(18,3)11-9-19(17)22;/h4,16-20,24H,5-13H2,1-3H3;/t16?,17?,18?,19?,20-,22+,23+;/m1./s1. The Labute approximate surface area is 204 Å². The molecule has 0 aromatic rings. The number of ether oxygens (including phenoxy) is 1. The maximum Gasteiger partial charge on any atom is 0.302 e. The smallest absolute Gasteiger partial charge is 0.302 e. The zero-order chi connectivity index (χ0) is 19.4. The van der Waals surface area contributed by atoms with Crippen LogP contribution in [0.1, 0.15) is 72.1 Å². The van der Waals surface area contributed by atoms with Gasteiger partial charge in [-0.1, -0.05) is 25.5 Å². The first-order valence-electron chi connectivity index (χ1n) is 10.8. The Morgan fingerprint density at radius 2 is 1.89 bits per heavy atom. The van der Waals surface area contributed by atoms with Crippen LogP contribution in [-0.2, 0) is 14.3 Å². The number of aliphatic hydroxyl groups is 1. The van der Waals surface area contributed by atoms with Crippen LogP contribution in [0.15, 0.2) is 11.6 Å². The predicted octanol–water partition coefficient (Wildman–Crippen LogP) is 4.06. The van der Waals surface area contributed by atoms with Crippen molar-refractivity contribution in [2.45, 2.75) is 78.2 Å². The van der Waals surface area contributed by atoms with Crippen molar-refractivity contribution in [2.75, 3.05) is 6.61 Å². The second-order valence-corrected chi connectivity index (χ2v) is 10.0. The minimum Gasteiger partial charge on any atom is -0.462 e. The van der Waals surface area contributed by atoms with E-state index in [-0.39, 0.29) is 85.3 Å². The van der Waals surface area contributed by atoms with Crippen LogP contribution in [0.2, 0.25) is 0 Å². The molecule has 0 saturated heterocycles. The number of fused-ring (bicyclic) bond motifs is 5. The molecular formula is C23H34AcO4. The summed E-state index contributed by atoms with van der Waals surface area (Å²) in [6, 6.07) is 0. The van der Waals surface area contributed by atoms with Gasteiger partial charge in [0.25, 0.3) is 0 Å². The third kappa shape index (κ3) is 3.60. The van der Waals surface area contributed by atoms with Crippen molar-refractivity contribution in [1.82, 2.24) is 0 Å². The van der Waals surface area contributed by atoms with Gasteiger partial charge < -0.3 is 9.84 Å². The van der Waals surface area contributed by atoms with Gasteiger partial charge in [-0.3, -0.25) is 9.59 Å². The van der Waals surface area contributed by atoms with E-state index < -0.39 is 0 Å². The SMILES string of the molecule is CC(=O)OC1CC[C@@]2(C)C(=CCC3C2CC[C@@]2(C)C3CC[C@@H]2C(=O)CO)C1.[Ac]. The number of esters is 1. The molecule has 4 rings (SSSR count). The summed E-state index contributed by atoms with van der Waals surface area (Å²) in [6.45, 7) is 5.96. The molecule has 3 saturated carbocycles. The molecule has 0 aromatic carbocycles. The fourth-order valence-corrected chi connectivity index (χ4v) is 7.60. The van der Waals surface area contributed by atoms with Gasteiger partial charge in [0, 0.05) is 63.3 Å². The van der Waals surface area contributed by atoms with E-state index in [4.69, 9.17) is 4.74 Å². The average Bonchev–Trinajstić information content (AvgIpc) is 2.98. The van der Waals surface area contributed by atoms with Crippen LogP contribution in [0.5, 0.6) is 0 Å². The van der Waals surface area contributed by atoms with Gasteiger partial charge in [0.2, 0.25) is 0 Å². The molecule has 5 heteroatoms. The number of rotatable bonds is 3.